The fourth-order valence-electron chi connectivity index (χ4n) is 6.24. The number of allylic oxidation sites excluding steroid dienone is 6. The molecule has 1 aliphatic rings. The van der Waals surface area contributed by atoms with E-state index in [0.717, 1.165) is 90.6 Å². The molecule has 1 aliphatic heterocycles. The fraction of sp³-hybridized carbons (Fsp3) is 0.829. The van der Waals surface area contributed by atoms with Gasteiger partial charge in [0.2, 0.25) is 0 Å². The summed E-state index contributed by atoms with van der Waals surface area (Å²) in [5.74, 6) is 0.478. The highest BCUT2D eigenvalue weighted by atomic mass is 16.5. The summed E-state index contributed by atoms with van der Waals surface area (Å²) in [7, 11) is 0. The first-order valence-corrected chi connectivity index (χ1v) is 19.7. The molecule has 0 N–H and O–H groups in total. The molecule has 0 bridgehead atoms. The SMILES string of the molecule is CCCCC/C=C\CCCC(CCC/C=C\CCCCC)C(CCC/C=C\CCCCC)OC(=O)CCCCN1CCOCC1. The van der Waals surface area contributed by atoms with Crippen molar-refractivity contribution in [2.24, 2.45) is 5.92 Å². The standard InChI is InChI=1S/C41H75NO3/c1-4-7-10-13-16-19-22-25-30-39(31-26-23-20-17-14-11-8-5-2)40(32-27-24-21-18-15-12-9-6-3)45-41(43)33-28-29-34-42-35-37-44-38-36-42/h16-21,39-40H,4-15,22-38H2,1-3H3/b19-16-,20-17-,21-18-. The molecule has 0 saturated carbocycles. The summed E-state index contributed by atoms with van der Waals surface area (Å²) in [4.78, 5) is 15.6. The van der Waals surface area contributed by atoms with E-state index in [0.29, 0.717) is 12.3 Å². The van der Waals surface area contributed by atoms with Crippen molar-refractivity contribution in [3.05, 3.63) is 36.5 Å². The maximum absolute atomic E-state index is 13.2. The second-order valence-corrected chi connectivity index (χ2v) is 13.4. The van der Waals surface area contributed by atoms with Crippen LogP contribution in [0.4, 0.5) is 0 Å². The van der Waals surface area contributed by atoms with Crippen molar-refractivity contribution in [3.8, 4) is 0 Å². The third-order valence-corrected chi connectivity index (χ3v) is 9.19. The molecule has 262 valence electrons. The lowest BCUT2D eigenvalue weighted by Gasteiger charge is -2.28. The van der Waals surface area contributed by atoms with Gasteiger partial charge in [-0.15, -0.1) is 0 Å². The van der Waals surface area contributed by atoms with Crippen molar-refractivity contribution in [1.82, 2.24) is 4.90 Å². The smallest absolute Gasteiger partial charge is 0.306 e. The fourth-order valence-corrected chi connectivity index (χ4v) is 6.24. The van der Waals surface area contributed by atoms with Crippen LogP contribution < -0.4 is 0 Å². The van der Waals surface area contributed by atoms with Crippen LogP contribution >= 0.6 is 0 Å². The molecule has 45 heavy (non-hydrogen) atoms. The average Bonchev–Trinajstić information content (AvgIpc) is 3.05. The van der Waals surface area contributed by atoms with Gasteiger partial charge in [0, 0.05) is 19.5 Å². The second-order valence-electron chi connectivity index (χ2n) is 13.4. The van der Waals surface area contributed by atoms with Gasteiger partial charge in [-0.25, -0.2) is 0 Å². The summed E-state index contributed by atoms with van der Waals surface area (Å²) in [6.45, 7) is 11.6. The van der Waals surface area contributed by atoms with E-state index in [4.69, 9.17) is 9.47 Å². The molecule has 0 amide bonds. The molecular weight excluding hydrogens is 554 g/mol. The molecule has 1 heterocycles. The Morgan fingerprint density at radius 1 is 0.600 bits per heavy atom. The van der Waals surface area contributed by atoms with E-state index in [-0.39, 0.29) is 12.1 Å². The minimum Gasteiger partial charge on any atom is -0.462 e. The van der Waals surface area contributed by atoms with Crippen molar-refractivity contribution < 1.29 is 14.3 Å². The Hall–Kier alpha value is -1.39. The summed E-state index contributed by atoms with van der Waals surface area (Å²) in [6, 6.07) is 0. The summed E-state index contributed by atoms with van der Waals surface area (Å²) < 4.78 is 11.9. The Bertz CT molecular complexity index is 698. The maximum atomic E-state index is 13.2. The molecule has 4 nitrogen and oxygen atoms in total. The van der Waals surface area contributed by atoms with Crippen LogP contribution in [0, 0.1) is 5.92 Å². The number of morpholine rings is 1. The summed E-state index contributed by atoms with van der Waals surface area (Å²) in [5.41, 5.74) is 0. The molecule has 0 aromatic rings. The van der Waals surface area contributed by atoms with Crippen LogP contribution in [0.5, 0.6) is 0 Å². The molecule has 1 rings (SSSR count). The number of esters is 1. The number of hydrogen-bond donors (Lipinski definition) is 0. The predicted octanol–water partition coefficient (Wildman–Crippen LogP) is 11.9. The first-order chi connectivity index (χ1) is 22.2. The van der Waals surface area contributed by atoms with Gasteiger partial charge in [0.05, 0.1) is 13.2 Å². The zero-order valence-corrected chi connectivity index (χ0v) is 30.3. The quantitative estimate of drug-likeness (QED) is 0.0434. The van der Waals surface area contributed by atoms with Crippen molar-refractivity contribution in [1.29, 1.82) is 0 Å². The Balaban J connectivity index is 2.71. The van der Waals surface area contributed by atoms with Crippen LogP contribution in [0.3, 0.4) is 0 Å². The number of ether oxygens (including phenoxy) is 2. The van der Waals surface area contributed by atoms with E-state index >= 15 is 0 Å². The highest BCUT2D eigenvalue weighted by molar-refractivity contribution is 5.69. The minimum atomic E-state index is 0.0220. The largest absolute Gasteiger partial charge is 0.462 e. The first-order valence-electron chi connectivity index (χ1n) is 19.7. The topological polar surface area (TPSA) is 38.8 Å². The van der Waals surface area contributed by atoms with E-state index in [1.807, 2.05) is 0 Å². The van der Waals surface area contributed by atoms with Gasteiger partial charge in [-0.3, -0.25) is 9.69 Å². The van der Waals surface area contributed by atoms with Crippen LogP contribution in [0.25, 0.3) is 0 Å². The van der Waals surface area contributed by atoms with Gasteiger partial charge in [0.15, 0.2) is 0 Å². The van der Waals surface area contributed by atoms with Crippen molar-refractivity contribution >= 4 is 5.97 Å². The number of nitrogens with zero attached hydrogens (tertiary/aromatic N) is 1. The lowest BCUT2D eigenvalue weighted by atomic mass is 9.87. The van der Waals surface area contributed by atoms with Crippen LogP contribution in [0.1, 0.15) is 175 Å². The first kappa shape index (κ1) is 41.6. The molecule has 1 saturated heterocycles. The Kier molecular flexibility index (Phi) is 30.1. The Labute approximate surface area is 280 Å². The summed E-state index contributed by atoms with van der Waals surface area (Å²) in [5, 5.41) is 0. The maximum Gasteiger partial charge on any atom is 0.306 e. The van der Waals surface area contributed by atoms with Crippen LogP contribution in [-0.4, -0.2) is 49.8 Å². The zero-order chi connectivity index (χ0) is 32.5. The highest BCUT2D eigenvalue weighted by Crippen LogP contribution is 2.27. The van der Waals surface area contributed by atoms with E-state index in [1.165, 1.54) is 89.9 Å². The molecule has 0 aliphatic carbocycles. The highest BCUT2D eigenvalue weighted by Gasteiger charge is 2.24. The Morgan fingerprint density at radius 3 is 1.51 bits per heavy atom. The minimum absolute atomic E-state index is 0.0220. The number of unbranched alkanes of at least 4 members (excludes halogenated alkanes) is 13. The lowest BCUT2D eigenvalue weighted by molar-refractivity contribution is -0.153. The van der Waals surface area contributed by atoms with Gasteiger partial charge in [-0.1, -0.05) is 95.8 Å². The zero-order valence-electron chi connectivity index (χ0n) is 30.3. The molecule has 1 unspecified atom stereocenters. The van der Waals surface area contributed by atoms with Crippen molar-refractivity contribution in [2.75, 3.05) is 32.8 Å². The van der Waals surface area contributed by atoms with Gasteiger partial charge in [0.1, 0.15) is 6.10 Å². The molecule has 0 aromatic carbocycles. The van der Waals surface area contributed by atoms with E-state index < -0.39 is 0 Å². The van der Waals surface area contributed by atoms with Gasteiger partial charge >= 0.3 is 5.97 Å². The van der Waals surface area contributed by atoms with E-state index in [2.05, 4.69) is 62.1 Å². The molecule has 0 spiro atoms. The normalized spacial score (nSPS) is 15.3. The Morgan fingerprint density at radius 2 is 1.04 bits per heavy atom. The molecule has 0 radical (unpaired) electrons. The monoisotopic (exact) mass is 630 g/mol. The lowest BCUT2D eigenvalue weighted by Crippen LogP contribution is -2.36. The predicted molar refractivity (Wildman–Crippen MR) is 196 cm³/mol. The van der Waals surface area contributed by atoms with Crippen LogP contribution in [-0.2, 0) is 14.3 Å². The number of rotatable bonds is 31. The van der Waals surface area contributed by atoms with Crippen LogP contribution in [0.2, 0.25) is 0 Å². The van der Waals surface area contributed by atoms with E-state index in [1.54, 1.807) is 0 Å². The number of hydrogen-bond acceptors (Lipinski definition) is 4. The molecule has 4 heteroatoms. The molecule has 0 aromatic heterocycles. The molecule has 1 fully saturated rings. The summed E-state index contributed by atoms with van der Waals surface area (Å²) >= 11 is 0. The second kappa shape index (κ2) is 32.5. The van der Waals surface area contributed by atoms with Crippen molar-refractivity contribution in [2.45, 2.75) is 181 Å². The van der Waals surface area contributed by atoms with E-state index in [9.17, 15) is 4.79 Å². The molecule has 1 atom stereocenters. The number of carbonyl (C=O) groups excluding carboxylic acids is 1. The van der Waals surface area contributed by atoms with Crippen molar-refractivity contribution in [3.63, 3.8) is 0 Å². The van der Waals surface area contributed by atoms with Gasteiger partial charge in [-0.2, -0.15) is 0 Å². The van der Waals surface area contributed by atoms with Gasteiger partial charge in [-0.05, 0) is 122 Å². The van der Waals surface area contributed by atoms with Gasteiger partial charge in [0.25, 0.3) is 0 Å². The third kappa shape index (κ3) is 26.4. The van der Waals surface area contributed by atoms with Crippen LogP contribution in [0.15, 0.2) is 36.5 Å². The molecular formula is C41H75NO3. The third-order valence-electron chi connectivity index (χ3n) is 9.19. The average molecular weight is 630 g/mol. The number of carbonyl (C=O) groups is 1. The van der Waals surface area contributed by atoms with Gasteiger partial charge < -0.3 is 9.47 Å². The summed E-state index contributed by atoms with van der Waals surface area (Å²) in [6.07, 6.45) is 42.3.